The van der Waals surface area contributed by atoms with Crippen molar-refractivity contribution in [2.75, 3.05) is 11.9 Å². The summed E-state index contributed by atoms with van der Waals surface area (Å²) in [6, 6.07) is 17.4. The maximum Gasteiger partial charge on any atom is 0.169 e. The van der Waals surface area contributed by atoms with Crippen LogP contribution in [0.25, 0.3) is 11.1 Å². The Kier molecular flexibility index (Phi) is 4.11. The molecule has 0 aliphatic rings. The van der Waals surface area contributed by atoms with E-state index in [-0.39, 0.29) is 5.82 Å². The summed E-state index contributed by atoms with van der Waals surface area (Å²) in [6.45, 7) is 2.03. The highest BCUT2D eigenvalue weighted by Gasteiger charge is 2.12. The molecular formula is C20H20FN2+. The molecule has 3 heteroatoms. The first kappa shape index (κ1) is 15.2. The van der Waals surface area contributed by atoms with Crippen molar-refractivity contribution >= 4 is 11.4 Å². The molecule has 0 amide bonds. The van der Waals surface area contributed by atoms with Crippen LogP contribution in [0.5, 0.6) is 0 Å². The molecular weight excluding hydrogens is 287 g/mol. The van der Waals surface area contributed by atoms with E-state index in [9.17, 15) is 4.39 Å². The average molecular weight is 307 g/mol. The topological polar surface area (TPSA) is 7.12 Å². The van der Waals surface area contributed by atoms with Gasteiger partial charge in [-0.1, -0.05) is 24.3 Å². The quantitative estimate of drug-likeness (QED) is 0.651. The summed E-state index contributed by atoms with van der Waals surface area (Å²) in [5.74, 6) is -0.221. The van der Waals surface area contributed by atoms with Crippen LogP contribution >= 0.6 is 0 Å². The Morgan fingerprint density at radius 2 is 1.57 bits per heavy atom. The molecule has 0 spiro atoms. The summed E-state index contributed by atoms with van der Waals surface area (Å²) < 4.78 is 16.6. The van der Waals surface area contributed by atoms with Crippen molar-refractivity contribution in [2.45, 2.75) is 6.92 Å². The van der Waals surface area contributed by atoms with Crippen molar-refractivity contribution in [3.05, 3.63) is 78.4 Å². The van der Waals surface area contributed by atoms with E-state index >= 15 is 0 Å². The summed E-state index contributed by atoms with van der Waals surface area (Å²) in [4.78, 5) is 1.89. The van der Waals surface area contributed by atoms with Crippen LogP contribution in [-0.2, 0) is 7.05 Å². The van der Waals surface area contributed by atoms with Gasteiger partial charge in [0, 0.05) is 24.9 Å². The number of hydrogen-bond donors (Lipinski definition) is 0. The number of aromatic nitrogens is 1. The SMILES string of the molecule is Cc1ccccc1N(C)c1ccc(-c2cc[n+](C)cc2)cc1F. The third-order valence-electron chi connectivity index (χ3n) is 4.10. The molecule has 0 bridgehead atoms. The molecule has 116 valence electrons. The third kappa shape index (κ3) is 3.09. The van der Waals surface area contributed by atoms with E-state index in [0.717, 1.165) is 22.4 Å². The second-order valence-electron chi connectivity index (χ2n) is 5.76. The highest BCUT2D eigenvalue weighted by atomic mass is 19.1. The van der Waals surface area contributed by atoms with Crippen LogP contribution in [-0.4, -0.2) is 7.05 Å². The largest absolute Gasteiger partial charge is 0.342 e. The van der Waals surface area contributed by atoms with Crippen LogP contribution in [0.4, 0.5) is 15.8 Å². The number of para-hydroxylation sites is 1. The standard InChI is InChI=1S/C20H20FN2/c1-15-6-4-5-7-19(15)23(3)20-9-8-17(14-18(20)21)16-10-12-22(2)13-11-16/h4-14H,1-3H3/q+1. The zero-order chi connectivity index (χ0) is 16.4. The van der Waals surface area contributed by atoms with Crippen molar-refractivity contribution in [3.63, 3.8) is 0 Å². The predicted octanol–water partition coefficient (Wildman–Crippen LogP) is 4.39. The van der Waals surface area contributed by atoms with Crippen LogP contribution in [0.15, 0.2) is 67.0 Å². The number of benzene rings is 2. The molecule has 2 nitrogen and oxygen atoms in total. The average Bonchev–Trinajstić information content (AvgIpc) is 2.55. The summed E-state index contributed by atoms with van der Waals surface area (Å²) in [5.41, 5.74) is 4.58. The fraction of sp³-hybridized carbons (Fsp3) is 0.150. The van der Waals surface area contributed by atoms with Crippen LogP contribution in [0, 0.1) is 12.7 Å². The first-order chi connectivity index (χ1) is 11.1. The minimum atomic E-state index is -0.221. The van der Waals surface area contributed by atoms with Gasteiger partial charge in [0.25, 0.3) is 0 Å². The van der Waals surface area contributed by atoms with Gasteiger partial charge in [0.05, 0.1) is 5.69 Å². The fourth-order valence-electron chi connectivity index (χ4n) is 2.72. The molecule has 0 saturated heterocycles. The first-order valence-electron chi connectivity index (χ1n) is 7.61. The Labute approximate surface area is 136 Å². The molecule has 3 rings (SSSR count). The Bertz CT molecular complexity index is 825. The number of halogens is 1. The molecule has 0 aliphatic heterocycles. The summed E-state index contributed by atoms with van der Waals surface area (Å²) >= 11 is 0. The lowest BCUT2D eigenvalue weighted by Crippen LogP contribution is -2.25. The van der Waals surface area contributed by atoms with E-state index in [1.807, 2.05) is 91.4 Å². The van der Waals surface area contributed by atoms with E-state index in [0.29, 0.717) is 5.69 Å². The van der Waals surface area contributed by atoms with Crippen molar-refractivity contribution in [2.24, 2.45) is 7.05 Å². The molecule has 0 radical (unpaired) electrons. The number of aryl methyl sites for hydroxylation is 2. The maximum atomic E-state index is 14.6. The van der Waals surface area contributed by atoms with Crippen LogP contribution in [0.3, 0.4) is 0 Å². The summed E-state index contributed by atoms with van der Waals surface area (Å²) in [6.07, 6.45) is 3.92. The molecule has 3 aromatic rings. The first-order valence-corrected chi connectivity index (χ1v) is 7.61. The number of hydrogen-bond acceptors (Lipinski definition) is 1. The third-order valence-corrected chi connectivity index (χ3v) is 4.10. The molecule has 0 fully saturated rings. The van der Waals surface area contributed by atoms with E-state index in [2.05, 4.69) is 0 Å². The van der Waals surface area contributed by atoms with Gasteiger partial charge in [-0.15, -0.1) is 0 Å². The number of anilines is 2. The Morgan fingerprint density at radius 3 is 2.22 bits per heavy atom. The van der Waals surface area contributed by atoms with Crippen LogP contribution in [0.2, 0.25) is 0 Å². The fourth-order valence-corrected chi connectivity index (χ4v) is 2.72. The van der Waals surface area contributed by atoms with E-state index in [1.165, 1.54) is 0 Å². The molecule has 0 unspecified atom stereocenters. The lowest BCUT2D eigenvalue weighted by atomic mass is 10.1. The van der Waals surface area contributed by atoms with Gasteiger partial charge in [0.2, 0.25) is 0 Å². The monoisotopic (exact) mass is 307 g/mol. The van der Waals surface area contributed by atoms with Gasteiger partial charge >= 0.3 is 0 Å². The lowest BCUT2D eigenvalue weighted by Gasteiger charge is -2.22. The van der Waals surface area contributed by atoms with Gasteiger partial charge < -0.3 is 4.90 Å². The zero-order valence-electron chi connectivity index (χ0n) is 13.6. The Balaban J connectivity index is 1.96. The molecule has 0 atom stereocenters. The zero-order valence-corrected chi connectivity index (χ0v) is 13.6. The van der Waals surface area contributed by atoms with Crippen LogP contribution < -0.4 is 9.47 Å². The highest BCUT2D eigenvalue weighted by Crippen LogP contribution is 2.31. The molecule has 0 N–H and O–H groups in total. The van der Waals surface area contributed by atoms with Crippen molar-refractivity contribution in [1.29, 1.82) is 0 Å². The lowest BCUT2D eigenvalue weighted by molar-refractivity contribution is -0.671. The number of pyridine rings is 1. The van der Waals surface area contributed by atoms with Gasteiger partial charge in [-0.25, -0.2) is 8.96 Å². The van der Waals surface area contributed by atoms with Gasteiger partial charge in [-0.3, -0.25) is 0 Å². The normalized spacial score (nSPS) is 10.6. The Hall–Kier alpha value is -2.68. The van der Waals surface area contributed by atoms with Crippen molar-refractivity contribution in [1.82, 2.24) is 0 Å². The van der Waals surface area contributed by atoms with Gasteiger partial charge in [0.1, 0.15) is 12.9 Å². The van der Waals surface area contributed by atoms with Crippen molar-refractivity contribution < 1.29 is 8.96 Å². The van der Waals surface area contributed by atoms with E-state index < -0.39 is 0 Å². The van der Waals surface area contributed by atoms with Crippen molar-refractivity contribution in [3.8, 4) is 11.1 Å². The smallest absolute Gasteiger partial charge is 0.169 e. The maximum absolute atomic E-state index is 14.6. The van der Waals surface area contributed by atoms with Gasteiger partial charge in [0.15, 0.2) is 12.4 Å². The molecule has 0 saturated carbocycles. The summed E-state index contributed by atoms with van der Waals surface area (Å²) in [5, 5.41) is 0. The second-order valence-corrected chi connectivity index (χ2v) is 5.76. The summed E-state index contributed by atoms with van der Waals surface area (Å²) in [7, 11) is 3.85. The van der Waals surface area contributed by atoms with Crippen LogP contribution in [0.1, 0.15) is 5.56 Å². The van der Waals surface area contributed by atoms with Gasteiger partial charge in [-0.05, 0) is 41.8 Å². The molecule has 0 aliphatic carbocycles. The van der Waals surface area contributed by atoms with Gasteiger partial charge in [-0.2, -0.15) is 0 Å². The molecule has 1 aromatic heterocycles. The molecule has 2 aromatic carbocycles. The highest BCUT2D eigenvalue weighted by molar-refractivity contribution is 5.70. The molecule has 1 heterocycles. The minimum Gasteiger partial charge on any atom is -0.342 e. The Morgan fingerprint density at radius 1 is 0.870 bits per heavy atom. The predicted molar refractivity (Wildman–Crippen MR) is 92.3 cm³/mol. The number of rotatable bonds is 3. The second kappa shape index (κ2) is 6.21. The molecule has 23 heavy (non-hydrogen) atoms. The van der Waals surface area contributed by atoms with E-state index in [4.69, 9.17) is 0 Å². The van der Waals surface area contributed by atoms with E-state index in [1.54, 1.807) is 6.07 Å². The minimum absolute atomic E-state index is 0.221. The number of nitrogens with zero attached hydrogens (tertiary/aromatic N) is 2.